The fourth-order valence-corrected chi connectivity index (χ4v) is 1.34. The lowest BCUT2D eigenvalue weighted by atomic mass is 10.3. The molecule has 1 aliphatic rings. The van der Waals surface area contributed by atoms with E-state index in [-0.39, 0.29) is 6.61 Å². The van der Waals surface area contributed by atoms with Crippen molar-refractivity contribution in [3.05, 3.63) is 18.1 Å². The lowest BCUT2D eigenvalue weighted by molar-refractivity contribution is 0.177. The minimum absolute atomic E-state index is 0.222. The number of amides is 1. The highest BCUT2D eigenvalue weighted by Crippen LogP contribution is 2.23. The molecule has 2 heterocycles. The molecule has 5 nitrogen and oxygen atoms in total. The zero-order chi connectivity index (χ0) is 11.7. The van der Waals surface area contributed by atoms with E-state index in [0.29, 0.717) is 11.1 Å². The number of hydrogen-bond donors (Lipinski definition) is 0. The Morgan fingerprint density at radius 2 is 2.31 bits per heavy atom. The van der Waals surface area contributed by atoms with Crippen LogP contribution in [0.5, 0.6) is 0 Å². The highest BCUT2D eigenvalue weighted by atomic mass is 19.1. The molecule has 1 saturated heterocycles. The number of nitrogens with zero attached hydrogens (tertiary/aromatic N) is 3. The van der Waals surface area contributed by atoms with E-state index < -0.39 is 36.5 Å². The van der Waals surface area contributed by atoms with Crippen molar-refractivity contribution in [3.8, 4) is 0 Å². The van der Waals surface area contributed by atoms with Crippen molar-refractivity contribution in [2.45, 2.75) is 6.04 Å². The fourth-order valence-electron chi connectivity index (χ4n) is 1.34. The summed E-state index contributed by atoms with van der Waals surface area (Å²) in [7, 11) is 0. The van der Waals surface area contributed by atoms with Crippen LogP contribution in [0.2, 0.25) is 0 Å². The predicted octanol–water partition coefficient (Wildman–Crippen LogP) is 1.05. The van der Waals surface area contributed by atoms with Gasteiger partial charge in [-0.1, -0.05) is 0 Å². The first-order valence-electron chi connectivity index (χ1n) is 4.33. The summed E-state index contributed by atoms with van der Waals surface area (Å²) in [5.74, 6) is -1.63. The van der Waals surface area contributed by atoms with Crippen LogP contribution in [0.15, 0.2) is 6.20 Å². The first kappa shape index (κ1) is 10.7. The monoisotopic (exact) mass is 233 g/mol. The van der Waals surface area contributed by atoms with Crippen LogP contribution in [0.3, 0.4) is 0 Å². The van der Waals surface area contributed by atoms with Crippen LogP contribution >= 0.6 is 0 Å². The van der Waals surface area contributed by atoms with E-state index in [1.165, 1.54) is 0 Å². The third-order valence-corrected chi connectivity index (χ3v) is 2.06. The van der Waals surface area contributed by atoms with E-state index in [2.05, 4.69) is 14.7 Å². The van der Waals surface area contributed by atoms with Crippen molar-refractivity contribution in [1.29, 1.82) is 0 Å². The highest BCUT2D eigenvalue weighted by molar-refractivity contribution is 5.89. The SMILES string of the molecule is O=C1OC[C@H](CF)N1c1nc(F)ncc1F. The molecule has 0 saturated carbocycles. The predicted molar refractivity (Wildman–Crippen MR) is 45.5 cm³/mol. The second kappa shape index (κ2) is 3.95. The standard InChI is InChI=1S/C8H6F3N3O2/c9-1-4-3-16-8(15)14(4)6-5(10)2-12-7(11)13-6/h2,4H,1,3H2/t4-/m0/s1. The highest BCUT2D eigenvalue weighted by Gasteiger charge is 2.37. The molecular weight excluding hydrogens is 227 g/mol. The number of rotatable bonds is 2. The van der Waals surface area contributed by atoms with Gasteiger partial charge >= 0.3 is 12.2 Å². The summed E-state index contributed by atoms with van der Waals surface area (Å²) in [5, 5.41) is 0. The number of carbonyl (C=O) groups is 1. The van der Waals surface area contributed by atoms with Gasteiger partial charge in [-0.25, -0.2) is 23.5 Å². The van der Waals surface area contributed by atoms with Gasteiger partial charge in [-0.2, -0.15) is 9.37 Å². The molecule has 1 atom stereocenters. The zero-order valence-corrected chi connectivity index (χ0v) is 7.86. The molecule has 8 heteroatoms. The Morgan fingerprint density at radius 3 is 3.00 bits per heavy atom. The average molecular weight is 233 g/mol. The smallest absolute Gasteiger partial charge is 0.416 e. The quantitative estimate of drug-likeness (QED) is 0.716. The minimum atomic E-state index is -1.20. The topological polar surface area (TPSA) is 55.3 Å². The Kier molecular flexibility index (Phi) is 2.63. The average Bonchev–Trinajstić information content (AvgIpc) is 2.63. The van der Waals surface area contributed by atoms with E-state index in [4.69, 9.17) is 0 Å². The van der Waals surface area contributed by atoms with E-state index >= 15 is 0 Å². The summed E-state index contributed by atoms with van der Waals surface area (Å²) < 4.78 is 43.0. The molecule has 16 heavy (non-hydrogen) atoms. The van der Waals surface area contributed by atoms with Gasteiger partial charge in [-0.15, -0.1) is 0 Å². The van der Waals surface area contributed by atoms with Crippen LogP contribution in [0.4, 0.5) is 23.8 Å². The molecule has 1 aromatic rings. The van der Waals surface area contributed by atoms with Crippen molar-refractivity contribution in [3.63, 3.8) is 0 Å². The summed E-state index contributed by atoms with van der Waals surface area (Å²) in [5.41, 5.74) is 0. The Bertz CT molecular complexity index is 429. The van der Waals surface area contributed by atoms with Crippen LogP contribution < -0.4 is 4.90 Å². The Morgan fingerprint density at radius 1 is 1.56 bits per heavy atom. The molecule has 2 rings (SSSR count). The summed E-state index contributed by atoms with van der Waals surface area (Å²) in [6.07, 6.45) is -1.59. The largest absolute Gasteiger partial charge is 0.447 e. The molecule has 1 fully saturated rings. The number of aromatic nitrogens is 2. The third kappa shape index (κ3) is 1.66. The molecule has 1 aliphatic heterocycles. The zero-order valence-electron chi connectivity index (χ0n) is 7.86. The molecule has 0 aliphatic carbocycles. The number of ether oxygens (including phenoxy) is 1. The number of halogens is 3. The molecular formula is C8H6F3N3O2. The fraction of sp³-hybridized carbons (Fsp3) is 0.375. The van der Waals surface area contributed by atoms with Crippen molar-refractivity contribution >= 4 is 11.9 Å². The van der Waals surface area contributed by atoms with Crippen LogP contribution in [0.1, 0.15) is 0 Å². The molecule has 0 aromatic carbocycles. The van der Waals surface area contributed by atoms with Crippen LogP contribution in [-0.4, -0.2) is 35.4 Å². The number of alkyl halides is 1. The summed E-state index contributed by atoms with van der Waals surface area (Å²) in [6, 6.07) is -0.990. The summed E-state index contributed by atoms with van der Waals surface area (Å²) >= 11 is 0. The Hall–Kier alpha value is -1.86. The minimum Gasteiger partial charge on any atom is -0.447 e. The van der Waals surface area contributed by atoms with Crippen molar-refractivity contribution in [2.24, 2.45) is 0 Å². The second-order valence-electron chi connectivity index (χ2n) is 3.07. The van der Waals surface area contributed by atoms with Gasteiger partial charge in [-0.3, -0.25) is 0 Å². The Balaban J connectivity index is 2.41. The maximum atomic E-state index is 13.2. The molecule has 0 spiro atoms. The third-order valence-electron chi connectivity index (χ3n) is 2.06. The lowest BCUT2D eigenvalue weighted by Gasteiger charge is -2.17. The number of hydrogen-bond acceptors (Lipinski definition) is 4. The summed E-state index contributed by atoms with van der Waals surface area (Å²) in [6.45, 7) is -1.16. The van der Waals surface area contributed by atoms with Gasteiger partial charge in [-0.05, 0) is 0 Å². The van der Waals surface area contributed by atoms with Gasteiger partial charge in [0.2, 0.25) is 0 Å². The first-order valence-corrected chi connectivity index (χ1v) is 4.33. The van der Waals surface area contributed by atoms with Gasteiger partial charge in [0.1, 0.15) is 19.3 Å². The van der Waals surface area contributed by atoms with E-state index in [1.807, 2.05) is 0 Å². The van der Waals surface area contributed by atoms with E-state index in [9.17, 15) is 18.0 Å². The summed E-state index contributed by atoms with van der Waals surface area (Å²) in [4.78, 5) is 17.9. The van der Waals surface area contributed by atoms with E-state index in [0.717, 1.165) is 0 Å². The first-order chi connectivity index (χ1) is 7.63. The maximum absolute atomic E-state index is 13.2. The molecule has 1 aromatic heterocycles. The van der Waals surface area contributed by atoms with Gasteiger partial charge in [0.15, 0.2) is 11.6 Å². The molecule has 1 amide bonds. The number of anilines is 1. The number of cyclic esters (lactones) is 1. The van der Waals surface area contributed by atoms with E-state index in [1.54, 1.807) is 0 Å². The van der Waals surface area contributed by atoms with Gasteiger partial charge < -0.3 is 4.74 Å². The van der Waals surface area contributed by atoms with Crippen LogP contribution in [0.25, 0.3) is 0 Å². The molecule has 86 valence electrons. The van der Waals surface area contributed by atoms with Crippen molar-refractivity contribution < 1.29 is 22.7 Å². The van der Waals surface area contributed by atoms with Gasteiger partial charge in [0.05, 0.1) is 6.20 Å². The van der Waals surface area contributed by atoms with Gasteiger partial charge in [0, 0.05) is 0 Å². The molecule has 0 N–H and O–H groups in total. The second-order valence-corrected chi connectivity index (χ2v) is 3.07. The van der Waals surface area contributed by atoms with Crippen LogP contribution in [0, 0.1) is 11.9 Å². The normalized spacial score (nSPS) is 20.1. The van der Waals surface area contributed by atoms with Crippen molar-refractivity contribution in [1.82, 2.24) is 9.97 Å². The molecule has 0 radical (unpaired) electrons. The maximum Gasteiger partial charge on any atom is 0.416 e. The lowest BCUT2D eigenvalue weighted by Crippen LogP contribution is -2.36. The number of carbonyl (C=O) groups excluding carboxylic acids is 1. The molecule has 0 bridgehead atoms. The Labute approximate surface area is 87.9 Å². The van der Waals surface area contributed by atoms with Gasteiger partial charge in [0.25, 0.3) is 0 Å². The van der Waals surface area contributed by atoms with Crippen molar-refractivity contribution in [2.75, 3.05) is 18.2 Å². The molecule has 0 unspecified atom stereocenters. The van der Waals surface area contributed by atoms with Crippen LogP contribution in [-0.2, 0) is 4.74 Å².